The third-order valence-corrected chi connectivity index (χ3v) is 6.85. The van der Waals surface area contributed by atoms with Crippen LogP contribution in [0.15, 0.2) is 64.1 Å². The first-order chi connectivity index (χ1) is 17.8. The van der Waals surface area contributed by atoms with Crippen molar-refractivity contribution in [2.75, 3.05) is 19.6 Å². The number of hydrogen-bond acceptors (Lipinski definition) is 7. The average Bonchev–Trinajstić information content (AvgIpc) is 3.39. The minimum atomic E-state index is -0.659. The molecule has 1 fully saturated rings. The van der Waals surface area contributed by atoms with Gasteiger partial charge in [-0.25, -0.2) is 0 Å². The standard InChI is InChI=1S/C25H23BrClN5O5/c1-2-12-30(25(34)17-8-11-19(27)21(14-17)32(35)36)15-22(33)31-13-4-3-5-20(31)24-28-23(29-37-24)16-6-9-18(26)10-7-16/h2,6-11,14,20H,1,3-5,12-13,15H2. The van der Waals surface area contributed by atoms with Crippen LogP contribution in [0.25, 0.3) is 11.4 Å². The molecule has 4 rings (SSSR count). The molecule has 0 N–H and O–H groups in total. The summed E-state index contributed by atoms with van der Waals surface area (Å²) in [5.41, 5.74) is 0.454. The van der Waals surface area contributed by atoms with Crippen molar-refractivity contribution in [3.8, 4) is 11.4 Å². The maximum Gasteiger partial charge on any atom is 0.288 e. The highest BCUT2D eigenvalue weighted by Crippen LogP contribution is 2.32. The summed E-state index contributed by atoms with van der Waals surface area (Å²) in [5, 5.41) is 15.3. The zero-order chi connectivity index (χ0) is 26.5. The first-order valence-electron chi connectivity index (χ1n) is 11.5. The lowest BCUT2D eigenvalue weighted by atomic mass is 10.0. The van der Waals surface area contributed by atoms with Crippen molar-refractivity contribution in [1.29, 1.82) is 0 Å². The molecule has 0 saturated carbocycles. The van der Waals surface area contributed by atoms with E-state index in [2.05, 4.69) is 32.6 Å². The van der Waals surface area contributed by atoms with Gasteiger partial charge in [-0.1, -0.05) is 38.8 Å². The lowest BCUT2D eigenvalue weighted by Crippen LogP contribution is -2.46. The maximum absolute atomic E-state index is 13.4. The Morgan fingerprint density at radius 3 is 2.73 bits per heavy atom. The molecule has 3 aromatic rings. The molecule has 1 atom stereocenters. The highest BCUT2D eigenvalue weighted by molar-refractivity contribution is 9.10. The van der Waals surface area contributed by atoms with Crippen molar-refractivity contribution in [3.63, 3.8) is 0 Å². The topological polar surface area (TPSA) is 123 Å². The maximum atomic E-state index is 13.4. The predicted octanol–water partition coefficient (Wildman–Crippen LogP) is 5.44. The molecule has 1 aliphatic heterocycles. The molecule has 10 nitrogen and oxygen atoms in total. The molecule has 2 aromatic carbocycles. The van der Waals surface area contributed by atoms with Crippen LogP contribution in [-0.2, 0) is 4.79 Å². The second kappa shape index (κ2) is 11.7. The van der Waals surface area contributed by atoms with Crippen LogP contribution in [0.2, 0.25) is 5.02 Å². The van der Waals surface area contributed by atoms with Crippen molar-refractivity contribution >= 4 is 45.0 Å². The molecule has 2 amide bonds. The van der Waals surface area contributed by atoms with Crippen molar-refractivity contribution < 1.29 is 19.0 Å². The molecule has 12 heteroatoms. The summed E-state index contributed by atoms with van der Waals surface area (Å²) in [4.78, 5) is 44.7. The molecule has 37 heavy (non-hydrogen) atoms. The zero-order valence-electron chi connectivity index (χ0n) is 19.7. The van der Waals surface area contributed by atoms with Gasteiger partial charge in [-0.05, 0) is 55.7 Å². The Bertz CT molecular complexity index is 1330. The van der Waals surface area contributed by atoms with Crippen LogP contribution in [0.4, 0.5) is 5.69 Å². The van der Waals surface area contributed by atoms with Gasteiger partial charge in [0, 0.05) is 34.8 Å². The Kier molecular flexibility index (Phi) is 8.34. The lowest BCUT2D eigenvalue weighted by Gasteiger charge is -2.35. The predicted molar refractivity (Wildman–Crippen MR) is 140 cm³/mol. The van der Waals surface area contributed by atoms with Crippen LogP contribution in [0.5, 0.6) is 0 Å². The minimum absolute atomic E-state index is 0.0528. The number of likely N-dealkylation sites (tertiary alicyclic amines) is 1. The second-order valence-electron chi connectivity index (χ2n) is 8.46. The highest BCUT2D eigenvalue weighted by atomic mass is 79.9. The summed E-state index contributed by atoms with van der Waals surface area (Å²) in [6, 6.07) is 10.9. The number of aromatic nitrogens is 2. The van der Waals surface area contributed by atoms with E-state index in [9.17, 15) is 19.7 Å². The molecular weight excluding hydrogens is 566 g/mol. The molecule has 192 valence electrons. The van der Waals surface area contributed by atoms with Gasteiger partial charge in [0.05, 0.1) is 4.92 Å². The molecule has 0 spiro atoms. The molecule has 0 radical (unpaired) electrons. The van der Waals surface area contributed by atoms with Gasteiger partial charge in [0.2, 0.25) is 17.6 Å². The molecule has 1 unspecified atom stereocenters. The number of piperidine rings is 1. The van der Waals surface area contributed by atoms with E-state index >= 15 is 0 Å². The van der Waals surface area contributed by atoms with E-state index in [1.807, 2.05) is 24.3 Å². The van der Waals surface area contributed by atoms with Gasteiger partial charge in [-0.3, -0.25) is 19.7 Å². The summed E-state index contributed by atoms with van der Waals surface area (Å²) in [6.07, 6.45) is 3.82. The zero-order valence-corrected chi connectivity index (χ0v) is 22.0. The fourth-order valence-electron chi connectivity index (χ4n) is 4.17. The number of nitro benzene ring substituents is 1. The average molecular weight is 589 g/mol. The number of hydrogen-bond donors (Lipinski definition) is 0. The summed E-state index contributed by atoms with van der Waals surface area (Å²) in [7, 11) is 0. The number of benzene rings is 2. The van der Waals surface area contributed by atoms with Gasteiger partial charge in [-0.15, -0.1) is 6.58 Å². The van der Waals surface area contributed by atoms with E-state index in [1.54, 1.807) is 4.90 Å². The van der Waals surface area contributed by atoms with E-state index in [1.165, 1.54) is 23.1 Å². The lowest BCUT2D eigenvalue weighted by molar-refractivity contribution is -0.384. The quantitative estimate of drug-likeness (QED) is 0.195. The third-order valence-electron chi connectivity index (χ3n) is 6.00. The van der Waals surface area contributed by atoms with Crippen molar-refractivity contribution in [2.45, 2.75) is 25.3 Å². The Hall–Kier alpha value is -3.57. The van der Waals surface area contributed by atoms with Gasteiger partial charge < -0.3 is 14.3 Å². The van der Waals surface area contributed by atoms with Gasteiger partial charge >= 0.3 is 0 Å². The molecule has 1 aromatic heterocycles. The summed E-state index contributed by atoms with van der Waals surface area (Å²) < 4.78 is 6.47. The van der Waals surface area contributed by atoms with E-state index in [-0.39, 0.29) is 35.3 Å². The molecule has 1 aliphatic rings. The largest absolute Gasteiger partial charge is 0.337 e. The van der Waals surface area contributed by atoms with Gasteiger partial charge in [0.1, 0.15) is 17.6 Å². The van der Waals surface area contributed by atoms with Crippen LogP contribution in [0.1, 0.15) is 41.6 Å². The fourth-order valence-corrected chi connectivity index (χ4v) is 4.62. The molecule has 2 heterocycles. The Morgan fingerprint density at radius 2 is 2.03 bits per heavy atom. The van der Waals surface area contributed by atoms with E-state index < -0.39 is 16.9 Å². The number of carbonyl (C=O) groups excluding carboxylic acids is 2. The summed E-state index contributed by atoms with van der Waals surface area (Å²) >= 11 is 9.28. The van der Waals surface area contributed by atoms with E-state index in [0.717, 1.165) is 28.9 Å². The Labute approximate surface area is 226 Å². The molecule has 0 aliphatic carbocycles. The van der Waals surface area contributed by atoms with Crippen LogP contribution >= 0.6 is 27.5 Å². The summed E-state index contributed by atoms with van der Waals surface area (Å²) in [5.74, 6) is -0.0854. The number of amides is 2. The van der Waals surface area contributed by atoms with Crippen molar-refractivity contribution in [2.24, 2.45) is 0 Å². The van der Waals surface area contributed by atoms with Crippen molar-refractivity contribution in [3.05, 3.63) is 86.2 Å². The third kappa shape index (κ3) is 6.05. The van der Waals surface area contributed by atoms with E-state index in [4.69, 9.17) is 16.1 Å². The van der Waals surface area contributed by atoms with Gasteiger partial charge in [-0.2, -0.15) is 4.98 Å². The van der Waals surface area contributed by atoms with Gasteiger partial charge in [0.15, 0.2) is 0 Å². The minimum Gasteiger partial charge on any atom is -0.337 e. The van der Waals surface area contributed by atoms with Crippen LogP contribution in [0.3, 0.4) is 0 Å². The molecule has 0 bridgehead atoms. The van der Waals surface area contributed by atoms with Gasteiger partial charge in [0.25, 0.3) is 11.6 Å². The smallest absolute Gasteiger partial charge is 0.288 e. The number of nitrogens with zero attached hydrogens (tertiary/aromatic N) is 5. The van der Waals surface area contributed by atoms with Crippen LogP contribution in [0, 0.1) is 10.1 Å². The number of carbonyl (C=O) groups is 2. The SMILES string of the molecule is C=CCN(CC(=O)N1CCCCC1c1nc(-c2ccc(Br)cc2)no1)C(=O)c1ccc(Cl)c([N+](=O)[O-])c1. The number of halogens is 2. The fraction of sp³-hybridized carbons (Fsp3) is 0.280. The Morgan fingerprint density at radius 1 is 1.27 bits per heavy atom. The van der Waals surface area contributed by atoms with Crippen LogP contribution in [-0.4, -0.2) is 56.3 Å². The second-order valence-corrected chi connectivity index (χ2v) is 9.78. The Balaban J connectivity index is 1.53. The number of rotatable bonds is 8. The molecular formula is C25H23BrClN5O5. The normalized spacial score (nSPS) is 15.3. The first kappa shape index (κ1) is 26.5. The van der Waals surface area contributed by atoms with Crippen LogP contribution < -0.4 is 0 Å². The monoisotopic (exact) mass is 587 g/mol. The summed E-state index contributed by atoms with van der Waals surface area (Å²) in [6.45, 7) is 3.98. The van der Waals surface area contributed by atoms with Crippen molar-refractivity contribution in [1.82, 2.24) is 19.9 Å². The van der Waals surface area contributed by atoms with E-state index in [0.29, 0.717) is 24.7 Å². The highest BCUT2D eigenvalue weighted by Gasteiger charge is 2.34. The molecule has 1 saturated heterocycles. The first-order valence-corrected chi connectivity index (χ1v) is 12.7. The number of nitro groups is 1.